The number of anilines is 1. The second kappa shape index (κ2) is 8.45. The van der Waals surface area contributed by atoms with Gasteiger partial charge in [0.05, 0.1) is 5.56 Å². The topological polar surface area (TPSA) is 88.9 Å². The highest BCUT2D eigenvalue weighted by Crippen LogP contribution is 2.33. The predicted molar refractivity (Wildman–Crippen MR) is 88.8 cm³/mol. The van der Waals surface area contributed by atoms with Gasteiger partial charge in [-0.2, -0.15) is 18.3 Å². The van der Waals surface area contributed by atoms with Gasteiger partial charge in [0.1, 0.15) is 11.5 Å². The maximum absolute atomic E-state index is 12.9. The van der Waals surface area contributed by atoms with Crippen molar-refractivity contribution < 1.29 is 18.0 Å². The van der Waals surface area contributed by atoms with Crippen LogP contribution >= 0.6 is 0 Å². The molecule has 0 bridgehead atoms. The molecule has 0 saturated carbocycles. The van der Waals surface area contributed by atoms with E-state index < -0.39 is 17.6 Å². The van der Waals surface area contributed by atoms with Crippen molar-refractivity contribution in [3.8, 4) is 0 Å². The van der Waals surface area contributed by atoms with Gasteiger partial charge in [0.2, 0.25) is 0 Å². The minimum absolute atomic E-state index is 0.0421. The van der Waals surface area contributed by atoms with Crippen molar-refractivity contribution in [2.24, 2.45) is 0 Å². The van der Waals surface area contributed by atoms with Crippen LogP contribution in [0.25, 0.3) is 0 Å². The highest BCUT2D eigenvalue weighted by atomic mass is 19.4. The number of rotatable bonds is 7. The molecular weight excluding hydrogens is 351 g/mol. The summed E-state index contributed by atoms with van der Waals surface area (Å²) in [6.45, 7) is 2.36. The lowest BCUT2D eigenvalue weighted by atomic mass is 10.2. The van der Waals surface area contributed by atoms with Gasteiger partial charge in [-0.05, 0) is 24.6 Å². The Morgan fingerprint density at radius 1 is 1.23 bits per heavy atom. The van der Waals surface area contributed by atoms with Gasteiger partial charge in [-0.15, -0.1) is 0 Å². The van der Waals surface area contributed by atoms with Crippen LogP contribution in [0, 0.1) is 0 Å². The largest absolute Gasteiger partial charge is 0.419 e. The van der Waals surface area contributed by atoms with Crippen molar-refractivity contribution in [3.05, 3.63) is 52.1 Å². The fourth-order valence-corrected chi connectivity index (χ4v) is 2.16. The quantitative estimate of drug-likeness (QED) is 0.728. The number of halogens is 3. The average molecular weight is 369 g/mol. The van der Waals surface area contributed by atoms with E-state index in [1.807, 2.05) is 6.92 Å². The number of hydrogen-bond donors (Lipinski definition) is 2. The molecule has 0 aliphatic rings. The molecule has 2 rings (SSSR count). The third-order valence-corrected chi connectivity index (χ3v) is 3.35. The lowest BCUT2D eigenvalue weighted by molar-refractivity contribution is -0.137. The molecule has 0 atom stereocenters. The molecule has 0 saturated heterocycles. The van der Waals surface area contributed by atoms with Gasteiger partial charge in [-0.1, -0.05) is 6.92 Å². The maximum atomic E-state index is 12.9. The van der Waals surface area contributed by atoms with Gasteiger partial charge in [-0.3, -0.25) is 9.59 Å². The van der Waals surface area contributed by atoms with E-state index in [1.54, 1.807) is 0 Å². The lowest BCUT2D eigenvalue weighted by Gasteiger charge is -2.13. The molecule has 2 N–H and O–H groups in total. The van der Waals surface area contributed by atoms with E-state index >= 15 is 0 Å². The number of carbonyl (C=O) groups excluding carboxylic acids is 1. The lowest BCUT2D eigenvalue weighted by Crippen LogP contribution is -2.32. The zero-order valence-corrected chi connectivity index (χ0v) is 14.0. The third kappa shape index (κ3) is 5.04. The van der Waals surface area contributed by atoms with Crippen LogP contribution in [0.5, 0.6) is 0 Å². The predicted octanol–water partition coefficient (Wildman–Crippen LogP) is 1.91. The van der Waals surface area contributed by atoms with Crippen LogP contribution in [0.3, 0.4) is 0 Å². The highest BCUT2D eigenvalue weighted by Gasteiger charge is 2.33. The molecular formula is C16H18F3N5O2. The van der Waals surface area contributed by atoms with Crippen LogP contribution in [-0.2, 0) is 12.7 Å². The Hall–Kier alpha value is -2.91. The van der Waals surface area contributed by atoms with Gasteiger partial charge >= 0.3 is 6.18 Å². The van der Waals surface area contributed by atoms with E-state index in [9.17, 15) is 22.8 Å². The molecule has 2 aromatic heterocycles. The summed E-state index contributed by atoms with van der Waals surface area (Å²) in [4.78, 5) is 27.3. The number of nitrogens with zero attached hydrogens (tertiary/aromatic N) is 3. The molecule has 2 heterocycles. The number of nitrogens with one attached hydrogen (secondary N) is 2. The summed E-state index contributed by atoms with van der Waals surface area (Å²) in [5, 5.41) is 9.03. The Balaban J connectivity index is 1.92. The summed E-state index contributed by atoms with van der Waals surface area (Å²) in [6.07, 6.45) is -2.58. The highest BCUT2D eigenvalue weighted by molar-refractivity contribution is 5.91. The Bertz CT molecular complexity index is 820. The van der Waals surface area contributed by atoms with E-state index in [0.29, 0.717) is 13.0 Å². The fourth-order valence-electron chi connectivity index (χ4n) is 2.16. The van der Waals surface area contributed by atoms with Crippen molar-refractivity contribution in [1.82, 2.24) is 20.1 Å². The first-order chi connectivity index (χ1) is 12.3. The minimum Gasteiger partial charge on any atom is -0.368 e. The van der Waals surface area contributed by atoms with E-state index in [1.165, 1.54) is 29.1 Å². The number of alkyl halides is 3. The first-order valence-electron chi connectivity index (χ1n) is 7.95. The van der Waals surface area contributed by atoms with Crippen LogP contribution in [-0.4, -0.2) is 33.8 Å². The fraction of sp³-hybridized carbons (Fsp3) is 0.375. The summed E-state index contributed by atoms with van der Waals surface area (Å²) < 4.78 is 39.8. The number of aryl methyl sites for hydroxylation is 1. The van der Waals surface area contributed by atoms with Gasteiger partial charge < -0.3 is 10.6 Å². The number of amides is 1. The molecule has 0 aliphatic carbocycles. The number of pyridine rings is 1. The second-order valence-corrected chi connectivity index (χ2v) is 5.36. The molecule has 140 valence electrons. The van der Waals surface area contributed by atoms with Crippen LogP contribution in [0.15, 0.2) is 35.3 Å². The molecule has 0 aliphatic heterocycles. The number of aromatic nitrogens is 3. The first-order valence-corrected chi connectivity index (χ1v) is 7.95. The van der Waals surface area contributed by atoms with Crippen LogP contribution < -0.4 is 16.2 Å². The first kappa shape index (κ1) is 19.4. The van der Waals surface area contributed by atoms with Crippen molar-refractivity contribution in [2.45, 2.75) is 26.1 Å². The molecule has 0 unspecified atom stereocenters. The summed E-state index contributed by atoms with van der Waals surface area (Å²) in [6, 6.07) is 4.68. The van der Waals surface area contributed by atoms with Crippen LogP contribution in [0.1, 0.15) is 29.4 Å². The Kier molecular flexibility index (Phi) is 6.31. The summed E-state index contributed by atoms with van der Waals surface area (Å²) in [5.74, 6) is -0.822. The number of hydrogen-bond acceptors (Lipinski definition) is 5. The Labute approximate surface area is 147 Å². The zero-order chi connectivity index (χ0) is 19.2. The van der Waals surface area contributed by atoms with Gasteiger partial charge in [0.15, 0.2) is 0 Å². The zero-order valence-electron chi connectivity index (χ0n) is 14.0. The smallest absolute Gasteiger partial charge is 0.368 e. The van der Waals surface area contributed by atoms with Crippen LogP contribution in [0.2, 0.25) is 0 Å². The van der Waals surface area contributed by atoms with E-state index in [0.717, 1.165) is 6.07 Å². The molecule has 1 amide bonds. The molecule has 0 aromatic carbocycles. The van der Waals surface area contributed by atoms with E-state index in [4.69, 9.17) is 0 Å². The van der Waals surface area contributed by atoms with E-state index in [2.05, 4.69) is 20.7 Å². The maximum Gasteiger partial charge on any atom is 0.419 e. The second-order valence-electron chi connectivity index (χ2n) is 5.36. The molecule has 0 fully saturated rings. The van der Waals surface area contributed by atoms with E-state index in [-0.39, 0.29) is 30.2 Å². The average Bonchev–Trinajstić information content (AvgIpc) is 2.60. The van der Waals surface area contributed by atoms with Gasteiger partial charge in [-0.25, -0.2) is 9.67 Å². The summed E-state index contributed by atoms with van der Waals surface area (Å²) in [7, 11) is 0. The molecule has 7 nitrogen and oxygen atoms in total. The monoisotopic (exact) mass is 369 g/mol. The molecule has 10 heteroatoms. The minimum atomic E-state index is -4.52. The third-order valence-electron chi connectivity index (χ3n) is 3.35. The van der Waals surface area contributed by atoms with Crippen molar-refractivity contribution in [1.29, 1.82) is 0 Å². The van der Waals surface area contributed by atoms with Gasteiger partial charge in [0.25, 0.3) is 11.5 Å². The molecule has 26 heavy (non-hydrogen) atoms. The molecule has 2 aromatic rings. The van der Waals surface area contributed by atoms with Crippen molar-refractivity contribution in [2.75, 3.05) is 18.4 Å². The summed E-state index contributed by atoms with van der Waals surface area (Å²) in [5.41, 5.74) is -1.12. The SMILES string of the molecule is CCCn1nc(C(=O)NCCNc2ncccc2C(F)(F)F)ccc1=O. The Morgan fingerprint density at radius 2 is 2.00 bits per heavy atom. The van der Waals surface area contributed by atoms with Crippen molar-refractivity contribution >= 4 is 11.7 Å². The normalized spacial score (nSPS) is 11.2. The van der Waals surface area contributed by atoms with Crippen molar-refractivity contribution in [3.63, 3.8) is 0 Å². The summed E-state index contributed by atoms with van der Waals surface area (Å²) >= 11 is 0. The van der Waals surface area contributed by atoms with Crippen LogP contribution in [0.4, 0.5) is 19.0 Å². The Morgan fingerprint density at radius 3 is 2.69 bits per heavy atom. The molecule has 0 spiro atoms. The van der Waals surface area contributed by atoms with Gasteiger partial charge in [0, 0.05) is 31.9 Å². The standard InChI is InChI=1S/C16H18F3N5O2/c1-2-10-24-13(25)6-5-12(23-24)15(26)22-9-8-21-14-11(16(17,18)19)4-3-7-20-14/h3-7H,2,8-10H2,1H3,(H,20,21)(H,22,26). The number of carbonyl (C=O) groups is 1. The molecule has 0 radical (unpaired) electrons.